The van der Waals surface area contributed by atoms with Crippen molar-refractivity contribution in [3.05, 3.63) is 0 Å². The van der Waals surface area contributed by atoms with Crippen LogP contribution < -0.4 is 5.73 Å². The molecule has 0 bridgehead atoms. The molecule has 19 heavy (non-hydrogen) atoms. The van der Waals surface area contributed by atoms with E-state index in [-0.39, 0.29) is 5.54 Å². The third-order valence-electron chi connectivity index (χ3n) is 5.01. The standard InChI is InChI=1S/C17H33NO/c1-14(2)12-15-6-3-9-17(18,13-15)10-4-7-16-8-5-11-19-16/h14-16H,3-13,18H2,1-2H3. The summed E-state index contributed by atoms with van der Waals surface area (Å²) in [6.07, 6.45) is 13.4. The quantitative estimate of drug-likeness (QED) is 0.780. The molecule has 2 N–H and O–H groups in total. The fraction of sp³-hybridized carbons (Fsp3) is 1.00. The minimum atomic E-state index is 0.135. The van der Waals surface area contributed by atoms with Gasteiger partial charge in [0, 0.05) is 12.1 Å². The van der Waals surface area contributed by atoms with Crippen molar-refractivity contribution in [2.75, 3.05) is 6.61 Å². The van der Waals surface area contributed by atoms with Crippen LogP contribution in [0.3, 0.4) is 0 Å². The van der Waals surface area contributed by atoms with Crippen LogP contribution in [-0.2, 0) is 4.74 Å². The van der Waals surface area contributed by atoms with Crippen molar-refractivity contribution < 1.29 is 4.74 Å². The highest BCUT2D eigenvalue weighted by molar-refractivity contribution is 4.91. The average Bonchev–Trinajstić information content (AvgIpc) is 2.81. The number of hydrogen-bond donors (Lipinski definition) is 1. The molecule has 2 rings (SSSR count). The topological polar surface area (TPSA) is 35.2 Å². The van der Waals surface area contributed by atoms with Crippen molar-refractivity contribution in [3.63, 3.8) is 0 Å². The molecule has 0 aromatic rings. The summed E-state index contributed by atoms with van der Waals surface area (Å²) >= 11 is 0. The molecule has 2 fully saturated rings. The molecule has 1 heterocycles. The maximum atomic E-state index is 6.67. The molecule has 3 unspecified atom stereocenters. The van der Waals surface area contributed by atoms with E-state index in [1.807, 2.05) is 0 Å². The average molecular weight is 267 g/mol. The molecule has 2 aliphatic rings. The van der Waals surface area contributed by atoms with Gasteiger partial charge < -0.3 is 10.5 Å². The molecule has 0 aromatic carbocycles. The van der Waals surface area contributed by atoms with E-state index in [4.69, 9.17) is 10.5 Å². The summed E-state index contributed by atoms with van der Waals surface area (Å²) in [5.41, 5.74) is 6.80. The monoisotopic (exact) mass is 267 g/mol. The Hall–Kier alpha value is -0.0800. The van der Waals surface area contributed by atoms with Crippen LogP contribution in [0.25, 0.3) is 0 Å². The predicted molar refractivity (Wildman–Crippen MR) is 81.2 cm³/mol. The van der Waals surface area contributed by atoms with E-state index >= 15 is 0 Å². The van der Waals surface area contributed by atoms with Gasteiger partial charge in [0.15, 0.2) is 0 Å². The molecule has 0 radical (unpaired) electrons. The minimum absolute atomic E-state index is 0.135. The van der Waals surface area contributed by atoms with Crippen LogP contribution in [0.5, 0.6) is 0 Å². The second kappa shape index (κ2) is 7.08. The maximum absolute atomic E-state index is 6.67. The van der Waals surface area contributed by atoms with E-state index < -0.39 is 0 Å². The Balaban J connectivity index is 1.70. The van der Waals surface area contributed by atoms with Crippen molar-refractivity contribution in [2.24, 2.45) is 17.6 Å². The smallest absolute Gasteiger partial charge is 0.0576 e. The summed E-state index contributed by atoms with van der Waals surface area (Å²) in [5, 5.41) is 0. The summed E-state index contributed by atoms with van der Waals surface area (Å²) in [7, 11) is 0. The highest BCUT2D eigenvalue weighted by atomic mass is 16.5. The number of rotatable bonds is 6. The van der Waals surface area contributed by atoms with Gasteiger partial charge in [-0.2, -0.15) is 0 Å². The molecular weight excluding hydrogens is 234 g/mol. The van der Waals surface area contributed by atoms with Gasteiger partial charge in [0.1, 0.15) is 0 Å². The zero-order chi connectivity index (χ0) is 13.7. The zero-order valence-corrected chi connectivity index (χ0v) is 13.0. The molecule has 2 nitrogen and oxygen atoms in total. The molecule has 112 valence electrons. The van der Waals surface area contributed by atoms with Crippen LogP contribution in [0.1, 0.15) is 78.1 Å². The first-order chi connectivity index (χ1) is 9.07. The summed E-state index contributed by atoms with van der Waals surface area (Å²) in [6, 6.07) is 0. The molecule has 1 aliphatic heterocycles. The van der Waals surface area contributed by atoms with Gasteiger partial charge in [-0.05, 0) is 63.2 Å². The lowest BCUT2D eigenvalue weighted by Gasteiger charge is -2.39. The highest BCUT2D eigenvalue weighted by Gasteiger charge is 2.32. The van der Waals surface area contributed by atoms with E-state index in [1.165, 1.54) is 64.2 Å². The van der Waals surface area contributed by atoms with Crippen molar-refractivity contribution in [3.8, 4) is 0 Å². The van der Waals surface area contributed by atoms with E-state index in [1.54, 1.807) is 0 Å². The Morgan fingerprint density at radius 2 is 2.11 bits per heavy atom. The Morgan fingerprint density at radius 3 is 2.79 bits per heavy atom. The van der Waals surface area contributed by atoms with Crippen molar-refractivity contribution in [2.45, 2.75) is 89.7 Å². The first-order valence-electron chi connectivity index (χ1n) is 8.48. The van der Waals surface area contributed by atoms with Crippen LogP contribution in [0.2, 0.25) is 0 Å². The SMILES string of the molecule is CC(C)CC1CCCC(N)(CCCC2CCCO2)C1. The minimum Gasteiger partial charge on any atom is -0.378 e. The van der Waals surface area contributed by atoms with Crippen LogP contribution in [-0.4, -0.2) is 18.2 Å². The molecular formula is C17H33NO. The van der Waals surface area contributed by atoms with Gasteiger partial charge in [-0.25, -0.2) is 0 Å². The zero-order valence-electron chi connectivity index (χ0n) is 13.0. The Bertz CT molecular complexity index is 260. The van der Waals surface area contributed by atoms with Gasteiger partial charge in [-0.3, -0.25) is 0 Å². The van der Waals surface area contributed by atoms with Gasteiger partial charge in [0.2, 0.25) is 0 Å². The maximum Gasteiger partial charge on any atom is 0.0576 e. The number of hydrogen-bond acceptors (Lipinski definition) is 2. The van der Waals surface area contributed by atoms with Gasteiger partial charge in [0.05, 0.1) is 6.10 Å². The number of nitrogens with two attached hydrogens (primary N) is 1. The molecule has 0 amide bonds. The van der Waals surface area contributed by atoms with Gasteiger partial charge in [0.25, 0.3) is 0 Å². The second-order valence-corrected chi connectivity index (χ2v) is 7.48. The van der Waals surface area contributed by atoms with E-state index in [9.17, 15) is 0 Å². The molecule has 0 spiro atoms. The predicted octanol–water partition coefficient (Wildman–Crippen LogP) is 4.27. The lowest BCUT2D eigenvalue weighted by atomic mass is 9.71. The van der Waals surface area contributed by atoms with Gasteiger partial charge >= 0.3 is 0 Å². The molecule has 1 aliphatic carbocycles. The van der Waals surface area contributed by atoms with E-state index in [2.05, 4.69) is 13.8 Å². The van der Waals surface area contributed by atoms with E-state index in [0.717, 1.165) is 18.4 Å². The third-order valence-corrected chi connectivity index (χ3v) is 5.01. The summed E-state index contributed by atoms with van der Waals surface area (Å²) in [5.74, 6) is 1.70. The van der Waals surface area contributed by atoms with Crippen LogP contribution in [0, 0.1) is 11.8 Å². The lowest BCUT2D eigenvalue weighted by molar-refractivity contribution is 0.0972. The lowest BCUT2D eigenvalue weighted by Crippen LogP contribution is -2.44. The third kappa shape index (κ3) is 5.07. The molecule has 1 saturated heterocycles. The van der Waals surface area contributed by atoms with Crippen molar-refractivity contribution >= 4 is 0 Å². The molecule has 3 atom stereocenters. The van der Waals surface area contributed by atoms with Crippen LogP contribution >= 0.6 is 0 Å². The first kappa shape index (κ1) is 15.3. The summed E-state index contributed by atoms with van der Waals surface area (Å²) in [6.45, 7) is 5.66. The summed E-state index contributed by atoms with van der Waals surface area (Å²) in [4.78, 5) is 0. The summed E-state index contributed by atoms with van der Waals surface area (Å²) < 4.78 is 5.71. The normalized spacial score (nSPS) is 36.0. The molecule has 0 aromatic heterocycles. The molecule has 2 heteroatoms. The Labute approximate surface area is 119 Å². The highest BCUT2D eigenvalue weighted by Crippen LogP contribution is 2.37. The van der Waals surface area contributed by atoms with Crippen LogP contribution in [0.4, 0.5) is 0 Å². The second-order valence-electron chi connectivity index (χ2n) is 7.48. The fourth-order valence-corrected chi connectivity index (χ4v) is 4.17. The van der Waals surface area contributed by atoms with Crippen LogP contribution in [0.15, 0.2) is 0 Å². The van der Waals surface area contributed by atoms with Crippen molar-refractivity contribution in [1.82, 2.24) is 0 Å². The Kier molecular flexibility index (Phi) is 5.70. The van der Waals surface area contributed by atoms with Crippen molar-refractivity contribution in [1.29, 1.82) is 0 Å². The Morgan fingerprint density at radius 1 is 1.26 bits per heavy atom. The molecule has 1 saturated carbocycles. The largest absolute Gasteiger partial charge is 0.378 e. The fourth-order valence-electron chi connectivity index (χ4n) is 4.17. The van der Waals surface area contributed by atoms with Gasteiger partial charge in [-0.1, -0.05) is 26.7 Å². The first-order valence-corrected chi connectivity index (χ1v) is 8.48. The van der Waals surface area contributed by atoms with E-state index in [0.29, 0.717) is 6.10 Å². The number of ether oxygens (including phenoxy) is 1. The van der Waals surface area contributed by atoms with Gasteiger partial charge in [-0.15, -0.1) is 0 Å².